The van der Waals surface area contributed by atoms with Crippen molar-refractivity contribution < 1.29 is 22.0 Å². The van der Waals surface area contributed by atoms with Crippen molar-refractivity contribution >= 4 is 0 Å². The van der Waals surface area contributed by atoms with Crippen LogP contribution in [-0.2, 0) is 0 Å². The van der Waals surface area contributed by atoms with Crippen molar-refractivity contribution in [2.75, 3.05) is 0 Å². The van der Waals surface area contributed by atoms with Crippen molar-refractivity contribution in [2.24, 2.45) is 0 Å². The summed E-state index contributed by atoms with van der Waals surface area (Å²) in [6, 6.07) is 0. The van der Waals surface area contributed by atoms with Gasteiger partial charge in [-0.3, -0.25) is 0 Å². The van der Waals surface area contributed by atoms with Crippen molar-refractivity contribution in [1.29, 1.82) is 0 Å². The molecule has 0 saturated heterocycles. The Morgan fingerprint density at radius 3 is 1.70 bits per heavy atom. The average molecular weight is 162 g/mol. The maximum Gasteiger partial charge on any atom is 0.422 e. The molecule has 0 spiro atoms. The van der Waals surface area contributed by atoms with E-state index in [9.17, 15) is 22.0 Å². The molecule has 0 heterocycles. The van der Waals surface area contributed by atoms with E-state index in [1.807, 2.05) is 0 Å². The number of hydrogen-bond acceptors (Lipinski definition) is 0. The molecule has 0 saturated carbocycles. The normalized spacial score (nSPS) is 18.6. The molecule has 10 heavy (non-hydrogen) atoms. The quantitative estimate of drug-likeness (QED) is 0.547. The first-order chi connectivity index (χ1) is 4.39. The molecule has 1 unspecified atom stereocenters. The van der Waals surface area contributed by atoms with Crippen molar-refractivity contribution in [3.05, 3.63) is 0 Å². The lowest BCUT2D eigenvalue weighted by Gasteiger charge is -2.14. The number of hydrogen-bond donors (Lipinski definition) is 0. The molecule has 0 aromatic heterocycles. The Balaban J connectivity index is 3.94. The Morgan fingerprint density at radius 2 is 1.60 bits per heavy atom. The van der Waals surface area contributed by atoms with Crippen molar-refractivity contribution in [1.82, 2.24) is 0 Å². The summed E-state index contributed by atoms with van der Waals surface area (Å²) in [5, 5.41) is 0. The van der Waals surface area contributed by atoms with E-state index in [-0.39, 0.29) is 0 Å². The lowest BCUT2D eigenvalue weighted by atomic mass is 10.2. The molecule has 0 aliphatic heterocycles. The SMILES string of the molecule is CCC(F)[C@H](F)C(F)(F)F. The van der Waals surface area contributed by atoms with Gasteiger partial charge in [0.25, 0.3) is 0 Å². The summed E-state index contributed by atoms with van der Waals surface area (Å²) in [6.07, 6.45) is -11.3. The molecule has 0 fully saturated rings. The van der Waals surface area contributed by atoms with Gasteiger partial charge >= 0.3 is 6.18 Å². The molecule has 0 N–H and O–H groups in total. The van der Waals surface area contributed by atoms with E-state index in [2.05, 4.69) is 0 Å². The standard InChI is InChI=1S/C5H7F5/c1-2-3(6)4(7)5(8,9)10/h3-4H,2H2,1H3/t3?,4-/m0/s1. The van der Waals surface area contributed by atoms with Crippen molar-refractivity contribution in [2.45, 2.75) is 31.9 Å². The second-order valence-electron chi connectivity index (χ2n) is 1.87. The third kappa shape index (κ3) is 2.49. The predicted molar refractivity (Wildman–Crippen MR) is 26.1 cm³/mol. The number of alkyl halides is 5. The molecule has 0 aromatic carbocycles. The maximum atomic E-state index is 11.9. The fourth-order valence-electron chi connectivity index (χ4n) is 0.412. The molecule has 62 valence electrons. The van der Waals surface area contributed by atoms with Crippen LogP contribution in [0.3, 0.4) is 0 Å². The van der Waals surface area contributed by atoms with Gasteiger partial charge in [-0.05, 0) is 6.42 Å². The van der Waals surface area contributed by atoms with Crippen molar-refractivity contribution in [3.63, 3.8) is 0 Å². The van der Waals surface area contributed by atoms with E-state index in [0.29, 0.717) is 0 Å². The van der Waals surface area contributed by atoms with Gasteiger partial charge < -0.3 is 0 Å². The summed E-state index contributed by atoms with van der Waals surface area (Å²) in [5.41, 5.74) is 0. The number of rotatable bonds is 2. The van der Waals surface area contributed by atoms with Crippen LogP contribution in [0.4, 0.5) is 22.0 Å². The molecule has 0 nitrogen and oxygen atoms in total. The van der Waals surface area contributed by atoms with Crippen LogP contribution in [0, 0.1) is 0 Å². The molecular weight excluding hydrogens is 155 g/mol. The minimum Gasteiger partial charge on any atom is -0.244 e. The molecule has 0 rings (SSSR count). The second-order valence-corrected chi connectivity index (χ2v) is 1.87. The molecule has 0 aliphatic rings. The van der Waals surface area contributed by atoms with Gasteiger partial charge in [-0.15, -0.1) is 0 Å². The van der Waals surface area contributed by atoms with Gasteiger partial charge in [-0.25, -0.2) is 8.78 Å². The summed E-state index contributed by atoms with van der Waals surface area (Å²) >= 11 is 0. The minimum absolute atomic E-state index is 0.458. The molecule has 0 bridgehead atoms. The Bertz CT molecular complexity index is 96.7. The van der Waals surface area contributed by atoms with Gasteiger partial charge in [-0.2, -0.15) is 13.2 Å². The van der Waals surface area contributed by atoms with Gasteiger partial charge in [0.2, 0.25) is 6.17 Å². The van der Waals surface area contributed by atoms with Crippen LogP contribution in [0.1, 0.15) is 13.3 Å². The third-order valence-electron chi connectivity index (χ3n) is 1.02. The summed E-state index contributed by atoms with van der Waals surface area (Å²) in [4.78, 5) is 0. The van der Waals surface area contributed by atoms with E-state index in [4.69, 9.17) is 0 Å². The van der Waals surface area contributed by atoms with Crippen LogP contribution in [0.25, 0.3) is 0 Å². The molecular formula is C5H7F5. The van der Waals surface area contributed by atoms with Crippen LogP contribution >= 0.6 is 0 Å². The monoisotopic (exact) mass is 162 g/mol. The van der Waals surface area contributed by atoms with E-state index < -0.39 is 24.9 Å². The third-order valence-corrected chi connectivity index (χ3v) is 1.02. The first-order valence-electron chi connectivity index (χ1n) is 2.74. The average Bonchev–Trinajstić information content (AvgIpc) is 1.83. The summed E-state index contributed by atoms with van der Waals surface area (Å²) < 4.78 is 57.5. The highest BCUT2D eigenvalue weighted by Gasteiger charge is 2.45. The number of halogens is 5. The summed E-state index contributed by atoms with van der Waals surface area (Å²) in [5.74, 6) is 0. The van der Waals surface area contributed by atoms with E-state index in [0.717, 1.165) is 6.92 Å². The predicted octanol–water partition coefficient (Wildman–Crippen LogP) is 2.63. The molecule has 5 heteroatoms. The minimum atomic E-state index is -5.06. The lowest BCUT2D eigenvalue weighted by molar-refractivity contribution is -0.196. The Morgan fingerprint density at radius 1 is 1.20 bits per heavy atom. The Kier molecular flexibility index (Phi) is 3.05. The highest BCUT2D eigenvalue weighted by molar-refractivity contribution is 4.73. The Labute approximate surface area is 55.0 Å². The fourth-order valence-corrected chi connectivity index (χ4v) is 0.412. The first kappa shape index (κ1) is 9.65. The van der Waals surface area contributed by atoms with Gasteiger partial charge in [0, 0.05) is 0 Å². The van der Waals surface area contributed by atoms with Crippen LogP contribution in [0.5, 0.6) is 0 Å². The van der Waals surface area contributed by atoms with E-state index in [1.54, 1.807) is 0 Å². The zero-order valence-corrected chi connectivity index (χ0v) is 5.25. The molecule has 0 radical (unpaired) electrons. The molecule has 0 aromatic rings. The van der Waals surface area contributed by atoms with Crippen LogP contribution in [-0.4, -0.2) is 18.5 Å². The van der Waals surface area contributed by atoms with Gasteiger partial charge in [0.15, 0.2) is 0 Å². The van der Waals surface area contributed by atoms with Crippen LogP contribution < -0.4 is 0 Å². The summed E-state index contributed by atoms with van der Waals surface area (Å²) in [7, 11) is 0. The molecule has 0 amide bonds. The smallest absolute Gasteiger partial charge is 0.244 e. The van der Waals surface area contributed by atoms with Crippen molar-refractivity contribution in [3.8, 4) is 0 Å². The van der Waals surface area contributed by atoms with Crippen LogP contribution in [0.15, 0.2) is 0 Å². The zero-order chi connectivity index (χ0) is 8.36. The van der Waals surface area contributed by atoms with Gasteiger partial charge in [0.1, 0.15) is 6.17 Å². The highest BCUT2D eigenvalue weighted by atomic mass is 19.4. The molecule has 2 atom stereocenters. The fraction of sp³-hybridized carbons (Fsp3) is 1.00. The van der Waals surface area contributed by atoms with Gasteiger partial charge in [0.05, 0.1) is 0 Å². The van der Waals surface area contributed by atoms with E-state index in [1.165, 1.54) is 0 Å². The Hall–Kier alpha value is -0.350. The topological polar surface area (TPSA) is 0 Å². The van der Waals surface area contributed by atoms with Gasteiger partial charge in [-0.1, -0.05) is 6.92 Å². The summed E-state index contributed by atoms with van der Waals surface area (Å²) in [6.45, 7) is 1.16. The first-order valence-corrected chi connectivity index (χ1v) is 2.74. The second kappa shape index (κ2) is 3.16. The van der Waals surface area contributed by atoms with Crippen LogP contribution in [0.2, 0.25) is 0 Å². The van der Waals surface area contributed by atoms with E-state index >= 15 is 0 Å². The maximum absolute atomic E-state index is 11.9. The lowest BCUT2D eigenvalue weighted by Crippen LogP contribution is -2.33. The molecule has 0 aliphatic carbocycles. The largest absolute Gasteiger partial charge is 0.422 e. The highest BCUT2D eigenvalue weighted by Crippen LogP contribution is 2.27. The zero-order valence-electron chi connectivity index (χ0n) is 5.25.